The fourth-order valence-corrected chi connectivity index (χ4v) is 3.37. The molecule has 0 spiro atoms. The molecule has 0 saturated heterocycles. The molecular weight excluding hydrogens is 345 g/mol. The molecule has 2 N–H and O–H groups in total. The van der Waals surface area contributed by atoms with E-state index < -0.39 is 0 Å². The van der Waals surface area contributed by atoms with Crippen LogP contribution in [0.25, 0.3) is 46.4 Å². The molecule has 3 aromatic heterocycles. The minimum atomic E-state index is 0. The second kappa shape index (κ2) is 7.17. The molecule has 0 radical (unpaired) electrons. The molecule has 0 saturated carbocycles. The number of fused-ring (bicyclic) bond motifs is 8. The van der Waals surface area contributed by atoms with Crippen LogP contribution in [0.4, 0.5) is 0 Å². The minimum Gasteiger partial charge on any atom is -1.00 e. The van der Waals surface area contributed by atoms with Crippen LogP contribution < -0.4 is 0 Å². The zero-order valence-corrected chi connectivity index (χ0v) is 16.6. The molecule has 0 atom stereocenters. The van der Waals surface area contributed by atoms with Crippen molar-refractivity contribution in [1.29, 1.82) is 0 Å². The number of aromatic amines is 2. The van der Waals surface area contributed by atoms with Gasteiger partial charge in [-0.3, -0.25) is 0 Å². The predicted molar refractivity (Wildman–Crippen MR) is 116 cm³/mol. The van der Waals surface area contributed by atoms with Crippen LogP contribution in [0.2, 0.25) is 0 Å². The monoisotopic (exact) mass is 364 g/mol. The fourth-order valence-electron chi connectivity index (χ4n) is 3.37. The average Bonchev–Trinajstić information content (AvgIpc) is 3.39. The standard InChI is InChI=1S/C22H18N4.Mg.2H/c1-2-14-9-21-12-19-6-5-17(24-19)10-15-3-4-16(23-15)11-18-7-8-20(25-18)13-22(14)26-21;;;/h3-13,24,26H,2H2,1H3;;;/q;+2;2*-1. The van der Waals surface area contributed by atoms with E-state index in [-0.39, 0.29) is 25.9 Å². The first kappa shape index (κ1) is 17.8. The van der Waals surface area contributed by atoms with E-state index >= 15 is 0 Å². The molecule has 5 heteroatoms. The van der Waals surface area contributed by atoms with Crippen molar-refractivity contribution in [2.45, 2.75) is 13.3 Å². The van der Waals surface area contributed by atoms with E-state index in [1.54, 1.807) is 0 Å². The van der Waals surface area contributed by atoms with Gasteiger partial charge in [0.25, 0.3) is 0 Å². The van der Waals surface area contributed by atoms with Crippen LogP contribution in [0.15, 0.2) is 42.5 Å². The van der Waals surface area contributed by atoms with Gasteiger partial charge in [-0.05, 0) is 78.8 Å². The second-order valence-corrected chi connectivity index (χ2v) is 6.55. The maximum atomic E-state index is 4.70. The first-order valence-corrected chi connectivity index (χ1v) is 8.82. The Morgan fingerprint density at radius 3 is 1.96 bits per heavy atom. The minimum absolute atomic E-state index is 0. The summed E-state index contributed by atoms with van der Waals surface area (Å²) < 4.78 is 0. The summed E-state index contributed by atoms with van der Waals surface area (Å²) in [5, 5.41) is 0. The molecule has 4 nitrogen and oxygen atoms in total. The van der Waals surface area contributed by atoms with E-state index in [9.17, 15) is 0 Å². The predicted octanol–water partition coefficient (Wildman–Crippen LogP) is 5.06. The molecule has 5 rings (SSSR count). The summed E-state index contributed by atoms with van der Waals surface area (Å²) in [6.07, 6.45) is 9.08. The van der Waals surface area contributed by atoms with Gasteiger partial charge >= 0.3 is 23.1 Å². The van der Waals surface area contributed by atoms with E-state index in [1.165, 1.54) is 5.56 Å². The van der Waals surface area contributed by atoms with Crippen molar-refractivity contribution in [2.75, 3.05) is 0 Å². The van der Waals surface area contributed by atoms with Crippen molar-refractivity contribution in [3.8, 4) is 0 Å². The number of aromatic nitrogens is 4. The maximum absolute atomic E-state index is 4.70. The van der Waals surface area contributed by atoms with Crippen molar-refractivity contribution in [2.24, 2.45) is 0 Å². The Morgan fingerprint density at radius 2 is 1.30 bits per heavy atom. The van der Waals surface area contributed by atoms with E-state index in [2.05, 4.69) is 58.3 Å². The van der Waals surface area contributed by atoms with Crippen LogP contribution in [0, 0.1) is 0 Å². The van der Waals surface area contributed by atoms with Crippen LogP contribution >= 0.6 is 0 Å². The molecule has 2 aliphatic heterocycles. The van der Waals surface area contributed by atoms with Gasteiger partial charge in [0.15, 0.2) is 0 Å². The number of nitrogens with one attached hydrogen (secondary N) is 2. The maximum Gasteiger partial charge on any atom is 2.00 e. The quantitative estimate of drug-likeness (QED) is 0.408. The third kappa shape index (κ3) is 3.61. The Balaban J connectivity index is 0.000001000. The van der Waals surface area contributed by atoms with Crippen LogP contribution in [0.5, 0.6) is 0 Å². The number of hydrogen-bond donors (Lipinski definition) is 2. The van der Waals surface area contributed by atoms with Crippen molar-refractivity contribution < 1.29 is 2.85 Å². The van der Waals surface area contributed by atoms with Crippen LogP contribution in [0.1, 0.15) is 38.1 Å². The zero-order valence-electron chi connectivity index (χ0n) is 17.2. The van der Waals surface area contributed by atoms with Gasteiger partial charge in [0.2, 0.25) is 0 Å². The Labute approximate surface area is 176 Å². The summed E-state index contributed by atoms with van der Waals surface area (Å²) in [6.45, 7) is 2.17. The molecule has 27 heavy (non-hydrogen) atoms. The molecule has 130 valence electrons. The molecule has 2 aliphatic rings. The van der Waals surface area contributed by atoms with Gasteiger partial charge in [0, 0.05) is 22.1 Å². The van der Waals surface area contributed by atoms with Gasteiger partial charge in [-0.15, -0.1) is 0 Å². The third-order valence-electron chi connectivity index (χ3n) is 4.64. The second-order valence-electron chi connectivity index (χ2n) is 6.55. The molecule has 0 aromatic carbocycles. The van der Waals surface area contributed by atoms with Crippen molar-refractivity contribution in [3.05, 3.63) is 70.8 Å². The summed E-state index contributed by atoms with van der Waals surface area (Å²) in [5.41, 5.74) is 9.31. The van der Waals surface area contributed by atoms with Gasteiger partial charge < -0.3 is 12.8 Å². The number of rotatable bonds is 1. The van der Waals surface area contributed by atoms with Gasteiger partial charge in [-0.2, -0.15) is 0 Å². The normalized spacial score (nSPS) is 12.2. The summed E-state index contributed by atoms with van der Waals surface area (Å²) in [6, 6.07) is 14.7. The van der Waals surface area contributed by atoms with Crippen molar-refractivity contribution in [1.82, 2.24) is 19.9 Å². The van der Waals surface area contributed by atoms with Gasteiger partial charge in [-0.25, -0.2) is 9.97 Å². The molecule has 3 aromatic rings. The van der Waals surface area contributed by atoms with E-state index in [0.29, 0.717) is 0 Å². The topological polar surface area (TPSA) is 57.4 Å². The third-order valence-corrected chi connectivity index (χ3v) is 4.64. The molecule has 0 fully saturated rings. The summed E-state index contributed by atoms with van der Waals surface area (Å²) in [7, 11) is 0. The van der Waals surface area contributed by atoms with Gasteiger partial charge in [0.1, 0.15) is 0 Å². The average molecular weight is 365 g/mol. The van der Waals surface area contributed by atoms with E-state index in [1.807, 2.05) is 30.4 Å². The molecule has 8 bridgehead atoms. The van der Waals surface area contributed by atoms with Crippen LogP contribution in [-0.2, 0) is 6.42 Å². The van der Waals surface area contributed by atoms with E-state index in [4.69, 9.17) is 4.98 Å². The first-order valence-electron chi connectivity index (χ1n) is 8.82. The van der Waals surface area contributed by atoms with Crippen LogP contribution in [0.3, 0.4) is 0 Å². The Hall–Kier alpha value is -2.63. The molecule has 0 amide bonds. The summed E-state index contributed by atoms with van der Waals surface area (Å²) >= 11 is 0. The molecular formula is C22H20MgN4. The Morgan fingerprint density at radius 1 is 0.704 bits per heavy atom. The fraction of sp³-hybridized carbons (Fsp3) is 0.0909. The van der Waals surface area contributed by atoms with Gasteiger partial charge in [0.05, 0.1) is 22.8 Å². The van der Waals surface area contributed by atoms with Crippen LogP contribution in [-0.4, -0.2) is 43.0 Å². The first-order chi connectivity index (χ1) is 12.7. The number of H-pyrrole nitrogens is 2. The molecule has 0 aliphatic carbocycles. The Kier molecular flexibility index (Phi) is 4.72. The van der Waals surface area contributed by atoms with Crippen molar-refractivity contribution in [3.63, 3.8) is 0 Å². The largest absolute Gasteiger partial charge is 2.00 e. The zero-order chi connectivity index (χ0) is 17.5. The number of aryl methyl sites for hydroxylation is 1. The number of nitrogens with zero attached hydrogens (tertiary/aromatic N) is 2. The number of hydrogen-bond acceptors (Lipinski definition) is 2. The van der Waals surface area contributed by atoms with Gasteiger partial charge in [-0.1, -0.05) is 6.92 Å². The summed E-state index contributed by atoms with van der Waals surface area (Å²) in [4.78, 5) is 16.3. The van der Waals surface area contributed by atoms with Crippen molar-refractivity contribution >= 4 is 69.4 Å². The molecule has 5 heterocycles. The summed E-state index contributed by atoms with van der Waals surface area (Å²) in [5.74, 6) is 0. The van der Waals surface area contributed by atoms with E-state index in [0.717, 1.165) is 51.3 Å². The smallest absolute Gasteiger partial charge is 1.00 e. The molecule has 0 unspecified atom stereocenters. The SMILES string of the molecule is CCc1cc2cc3ccc(cc4nc(cc5nc(cc1[nH]2)C=C5)C=C4)[nH]3.[H-].[H-].[Mg+2]. The Bertz CT molecular complexity index is 1240.